The highest BCUT2D eigenvalue weighted by molar-refractivity contribution is 6.30. The van der Waals surface area contributed by atoms with Crippen LogP contribution in [0.2, 0.25) is 10.2 Å². The summed E-state index contributed by atoms with van der Waals surface area (Å²) in [7, 11) is 0. The van der Waals surface area contributed by atoms with Crippen molar-refractivity contribution in [3.8, 4) is 0 Å². The number of halogens is 2. The van der Waals surface area contributed by atoms with Gasteiger partial charge in [0.25, 0.3) is 5.56 Å². The van der Waals surface area contributed by atoms with Gasteiger partial charge in [-0.05, 0) is 49.1 Å². The summed E-state index contributed by atoms with van der Waals surface area (Å²) in [4.78, 5) is 34.5. The smallest absolute Gasteiger partial charge is 0.294 e. The van der Waals surface area contributed by atoms with Gasteiger partial charge in [0.1, 0.15) is 11.9 Å². The second-order valence-electron chi connectivity index (χ2n) is 7.61. The maximum Gasteiger partial charge on any atom is 0.294 e. The van der Waals surface area contributed by atoms with Crippen LogP contribution in [0, 0.1) is 6.92 Å². The topological polar surface area (TPSA) is 115 Å². The summed E-state index contributed by atoms with van der Waals surface area (Å²) < 4.78 is 1.45. The van der Waals surface area contributed by atoms with Gasteiger partial charge in [0.05, 0.1) is 5.69 Å². The third kappa shape index (κ3) is 4.56. The van der Waals surface area contributed by atoms with Gasteiger partial charge in [-0.2, -0.15) is 0 Å². The van der Waals surface area contributed by atoms with Crippen molar-refractivity contribution in [1.29, 1.82) is 0 Å². The molecule has 166 valence electrons. The number of aromatic nitrogens is 3. The summed E-state index contributed by atoms with van der Waals surface area (Å²) in [5.41, 5.74) is 8.41. The molecular weight excluding hydrogens is 451 g/mol. The van der Waals surface area contributed by atoms with Gasteiger partial charge in [-0.15, -0.1) is 0 Å². The number of carbonyl (C=O) groups is 1. The summed E-state index contributed by atoms with van der Waals surface area (Å²) in [5.74, 6) is 0.273. The van der Waals surface area contributed by atoms with E-state index in [0.29, 0.717) is 42.5 Å². The van der Waals surface area contributed by atoms with E-state index in [1.165, 1.54) is 4.57 Å². The number of nitrogens with one attached hydrogen (secondary N) is 2. The summed E-state index contributed by atoms with van der Waals surface area (Å²) in [6.45, 7) is 2.49. The van der Waals surface area contributed by atoms with Crippen molar-refractivity contribution >= 4 is 40.7 Å². The second-order valence-corrected chi connectivity index (χ2v) is 8.40. The van der Waals surface area contributed by atoms with Crippen LogP contribution in [-0.2, 0) is 24.3 Å². The summed E-state index contributed by atoms with van der Waals surface area (Å²) in [6.07, 6.45) is 0.973. The van der Waals surface area contributed by atoms with Crippen molar-refractivity contribution in [2.24, 2.45) is 0 Å². The lowest BCUT2D eigenvalue weighted by atomic mass is 10.1. The maximum absolute atomic E-state index is 13.1. The van der Waals surface area contributed by atoms with E-state index in [1.54, 1.807) is 18.2 Å². The normalized spacial score (nSPS) is 14.8. The number of carbonyl (C=O) groups excluding carboxylic acids is 1. The molecule has 8 nitrogen and oxygen atoms in total. The van der Waals surface area contributed by atoms with Crippen LogP contribution in [0.25, 0.3) is 0 Å². The molecule has 4 rings (SSSR count). The van der Waals surface area contributed by atoms with E-state index in [9.17, 15) is 9.59 Å². The minimum absolute atomic E-state index is 0.104. The number of nitrogens with two attached hydrogens (primary N) is 1. The van der Waals surface area contributed by atoms with Crippen LogP contribution in [0.4, 0.5) is 11.6 Å². The lowest BCUT2D eigenvalue weighted by Gasteiger charge is -2.17. The molecule has 1 aromatic carbocycles. The zero-order chi connectivity index (χ0) is 22.8. The summed E-state index contributed by atoms with van der Waals surface area (Å²) in [6, 6.07) is 10.1. The van der Waals surface area contributed by atoms with Crippen LogP contribution >= 0.6 is 23.2 Å². The van der Waals surface area contributed by atoms with E-state index in [4.69, 9.17) is 28.9 Å². The fourth-order valence-corrected chi connectivity index (χ4v) is 4.15. The van der Waals surface area contributed by atoms with E-state index in [2.05, 4.69) is 20.6 Å². The van der Waals surface area contributed by atoms with Crippen molar-refractivity contribution < 1.29 is 4.79 Å². The highest BCUT2D eigenvalue weighted by atomic mass is 35.5. The first kappa shape index (κ1) is 22.1. The van der Waals surface area contributed by atoms with Crippen LogP contribution in [0.1, 0.15) is 35.0 Å². The lowest BCUT2D eigenvalue weighted by Crippen LogP contribution is -2.36. The Labute approximate surface area is 194 Å². The van der Waals surface area contributed by atoms with Gasteiger partial charge >= 0.3 is 0 Å². The minimum Gasteiger partial charge on any atom is -0.384 e. The fraction of sp³-hybridized carbons (Fsp3) is 0.273. The Morgan fingerprint density at radius 3 is 2.62 bits per heavy atom. The molecule has 0 spiro atoms. The first-order valence-electron chi connectivity index (χ1n) is 10.1. The van der Waals surface area contributed by atoms with E-state index >= 15 is 0 Å². The molecule has 10 heteroatoms. The number of nitrogen functional groups attached to an aromatic ring is 1. The minimum atomic E-state index is -0.656. The molecule has 0 fully saturated rings. The van der Waals surface area contributed by atoms with E-state index in [-0.39, 0.29) is 22.4 Å². The zero-order valence-electron chi connectivity index (χ0n) is 17.4. The number of aryl methyl sites for hydroxylation is 1. The molecule has 0 bridgehead atoms. The Kier molecular flexibility index (Phi) is 6.34. The van der Waals surface area contributed by atoms with Crippen molar-refractivity contribution in [1.82, 2.24) is 19.9 Å². The van der Waals surface area contributed by atoms with E-state index in [1.807, 2.05) is 25.1 Å². The number of benzene rings is 1. The Bertz CT molecular complexity index is 1230. The quantitative estimate of drug-likeness (QED) is 0.507. The third-order valence-electron chi connectivity index (χ3n) is 5.47. The summed E-state index contributed by atoms with van der Waals surface area (Å²) in [5, 5.41) is 6.77. The maximum atomic E-state index is 13.1. The van der Waals surface area contributed by atoms with Crippen LogP contribution in [0.5, 0.6) is 0 Å². The van der Waals surface area contributed by atoms with E-state index < -0.39 is 6.04 Å². The molecule has 0 saturated carbocycles. The molecule has 0 unspecified atom stereocenters. The number of nitrogens with zero attached hydrogens (tertiary/aromatic N) is 3. The number of anilines is 2. The predicted octanol–water partition coefficient (Wildman–Crippen LogP) is 3.25. The van der Waals surface area contributed by atoms with Gasteiger partial charge in [0, 0.05) is 23.8 Å². The van der Waals surface area contributed by atoms with Gasteiger partial charge in [0.15, 0.2) is 11.0 Å². The van der Waals surface area contributed by atoms with Crippen LogP contribution in [0.15, 0.2) is 41.2 Å². The van der Waals surface area contributed by atoms with Gasteiger partial charge in [-0.1, -0.05) is 41.4 Å². The Morgan fingerprint density at radius 1 is 1.16 bits per heavy atom. The molecule has 2 aromatic heterocycles. The van der Waals surface area contributed by atoms with Crippen LogP contribution < -0.4 is 21.9 Å². The van der Waals surface area contributed by atoms with Gasteiger partial charge in [0.2, 0.25) is 5.91 Å². The monoisotopic (exact) mass is 472 g/mol. The molecule has 1 atom stereocenters. The van der Waals surface area contributed by atoms with Gasteiger partial charge < -0.3 is 16.4 Å². The third-order valence-corrected chi connectivity index (χ3v) is 6.03. The van der Waals surface area contributed by atoms with Crippen LogP contribution in [0.3, 0.4) is 0 Å². The first-order valence-corrected chi connectivity index (χ1v) is 10.9. The Hall–Kier alpha value is -3.10. The largest absolute Gasteiger partial charge is 0.384 e. The molecule has 3 heterocycles. The number of pyridine rings is 1. The molecule has 3 aromatic rings. The molecule has 1 aliphatic heterocycles. The molecule has 32 heavy (non-hydrogen) atoms. The first-order chi connectivity index (χ1) is 15.3. The van der Waals surface area contributed by atoms with Crippen molar-refractivity contribution in [3.05, 3.63) is 79.4 Å². The second kappa shape index (κ2) is 9.18. The highest BCUT2D eigenvalue weighted by Crippen LogP contribution is 2.29. The van der Waals surface area contributed by atoms with Crippen molar-refractivity contribution in [2.45, 2.75) is 38.9 Å². The van der Waals surface area contributed by atoms with Crippen LogP contribution in [-0.4, -0.2) is 20.4 Å². The van der Waals surface area contributed by atoms with Gasteiger partial charge in [-0.25, -0.2) is 9.97 Å². The molecule has 0 radical (unpaired) electrons. The zero-order valence-corrected chi connectivity index (χ0v) is 18.9. The number of amides is 1. The summed E-state index contributed by atoms with van der Waals surface area (Å²) >= 11 is 12.3. The molecule has 1 amide bonds. The Morgan fingerprint density at radius 2 is 1.91 bits per heavy atom. The Balaban J connectivity index is 1.52. The van der Waals surface area contributed by atoms with Crippen molar-refractivity contribution in [2.75, 3.05) is 11.1 Å². The molecule has 0 aliphatic carbocycles. The van der Waals surface area contributed by atoms with E-state index in [0.717, 1.165) is 16.8 Å². The molecule has 0 saturated heterocycles. The van der Waals surface area contributed by atoms with Gasteiger partial charge in [-0.3, -0.25) is 14.2 Å². The molecule has 4 N–H and O–H groups in total. The fourth-order valence-electron chi connectivity index (χ4n) is 3.75. The average Bonchev–Trinajstić information content (AvgIpc) is 3.22. The number of fused-ring (bicyclic) bond motifs is 1. The highest BCUT2D eigenvalue weighted by Gasteiger charge is 2.32. The number of hydrogen-bond acceptors (Lipinski definition) is 6. The molecule has 1 aliphatic rings. The number of rotatable bonds is 6. The average molecular weight is 473 g/mol. The predicted molar refractivity (Wildman–Crippen MR) is 125 cm³/mol. The number of hydrogen-bond donors (Lipinski definition) is 3. The lowest BCUT2D eigenvalue weighted by molar-refractivity contribution is -0.124. The standard InChI is InChI=1S/C22H22Cl2N6O2/c1-12-14(4-9-18(25)28-12)11-27-21(31)17-8-7-16-19(24)29-20(22(32)30(16)17)26-10-13-2-5-15(23)6-3-13/h2-6,9,17H,7-8,10-11H2,1H3,(H2,25,28)(H,26,29)(H,27,31)/t17-/m0/s1. The SMILES string of the molecule is Cc1nc(N)ccc1CNC(=O)[C@@H]1CCc2c(Cl)nc(NCc3ccc(Cl)cc3)c(=O)n21. The molecular formula is C22H22Cl2N6O2. The van der Waals surface area contributed by atoms with Crippen molar-refractivity contribution in [3.63, 3.8) is 0 Å².